The minimum atomic E-state index is -0.0263. The van der Waals surface area contributed by atoms with Crippen LogP contribution in [-0.2, 0) is 11.3 Å². The van der Waals surface area contributed by atoms with Gasteiger partial charge in [-0.25, -0.2) is 0 Å². The summed E-state index contributed by atoms with van der Waals surface area (Å²) in [4.78, 5) is 16.1. The topological polar surface area (TPSA) is 85.8 Å². The minimum absolute atomic E-state index is 0.0263. The Balaban J connectivity index is 1.31. The molecular formula is C24H28N4O4S. The van der Waals surface area contributed by atoms with Crippen molar-refractivity contribution in [3.63, 3.8) is 0 Å². The van der Waals surface area contributed by atoms with Gasteiger partial charge in [0.15, 0.2) is 17.3 Å². The molecule has 9 heteroatoms. The molecule has 0 radical (unpaired) electrons. The minimum Gasteiger partial charge on any atom is -0.493 e. The van der Waals surface area contributed by atoms with E-state index in [9.17, 15) is 4.79 Å². The predicted octanol–water partition coefficient (Wildman–Crippen LogP) is 3.76. The Morgan fingerprint density at radius 2 is 1.79 bits per heavy atom. The number of carbonyl (C=O) groups excluding carboxylic acids is 1. The molecule has 1 amide bonds. The Labute approximate surface area is 197 Å². The van der Waals surface area contributed by atoms with E-state index in [1.807, 2.05) is 41.8 Å². The van der Waals surface area contributed by atoms with E-state index in [-0.39, 0.29) is 11.8 Å². The molecule has 0 saturated carbocycles. The van der Waals surface area contributed by atoms with Crippen LogP contribution in [0.4, 0.5) is 5.82 Å². The maximum atomic E-state index is 12.8. The summed E-state index contributed by atoms with van der Waals surface area (Å²) < 4.78 is 16.1. The number of aromatic nitrogens is 2. The molecule has 1 aliphatic rings. The van der Waals surface area contributed by atoms with Crippen molar-refractivity contribution in [3.8, 4) is 27.8 Å². The second kappa shape index (κ2) is 10.5. The van der Waals surface area contributed by atoms with Gasteiger partial charge in [0, 0.05) is 25.6 Å². The summed E-state index contributed by atoms with van der Waals surface area (Å²) in [5, 5.41) is 13.8. The number of ether oxygens (including phenoxy) is 3. The van der Waals surface area contributed by atoms with Gasteiger partial charge >= 0.3 is 0 Å². The first-order valence-electron chi connectivity index (χ1n) is 10.8. The zero-order valence-electron chi connectivity index (χ0n) is 19.0. The van der Waals surface area contributed by atoms with E-state index < -0.39 is 0 Å². The number of carbonyl (C=O) groups is 1. The highest BCUT2D eigenvalue weighted by atomic mass is 32.1. The molecule has 0 atom stereocenters. The third-order valence-electron chi connectivity index (χ3n) is 5.81. The summed E-state index contributed by atoms with van der Waals surface area (Å²) in [6.45, 7) is 1.94. The molecule has 1 aliphatic heterocycles. The van der Waals surface area contributed by atoms with Crippen LogP contribution in [0.5, 0.6) is 17.2 Å². The zero-order chi connectivity index (χ0) is 23.2. The van der Waals surface area contributed by atoms with E-state index in [1.165, 1.54) is 0 Å². The average molecular weight is 469 g/mol. The summed E-state index contributed by atoms with van der Waals surface area (Å²) >= 11 is 1.65. The average Bonchev–Trinajstić information content (AvgIpc) is 3.42. The fourth-order valence-corrected chi connectivity index (χ4v) is 4.68. The molecule has 2 aromatic heterocycles. The molecule has 1 N–H and O–H groups in total. The number of rotatable bonds is 8. The first kappa shape index (κ1) is 22.8. The molecule has 174 valence electrons. The molecule has 0 aliphatic carbocycles. The van der Waals surface area contributed by atoms with Crippen molar-refractivity contribution in [1.82, 2.24) is 15.5 Å². The van der Waals surface area contributed by atoms with Crippen LogP contribution in [0.3, 0.4) is 0 Å². The second-order valence-electron chi connectivity index (χ2n) is 7.77. The molecule has 0 unspecified atom stereocenters. The van der Waals surface area contributed by atoms with Gasteiger partial charge in [-0.05, 0) is 54.1 Å². The van der Waals surface area contributed by atoms with E-state index >= 15 is 0 Å². The molecular weight excluding hydrogens is 440 g/mol. The van der Waals surface area contributed by atoms with Crippen LogP contribution in [0.15, 0.2) is 41.8 Å². The molecule has 4 rings (SSSR count). The van der Waals surface area contributed by atoms with E-state index in [4.69, 9.17) is 14.2 Å². The van der Waals surface area contributed by atoms with Crippen LogP contribution < -0.4 is 24.4 Å². The lowest BCUT2D eigenvalue weighted by Crippen LogP contribution is -2.40. The van der Waals surface area contributed by atoms with E-state index in [2.05, 4.69) is 20.4 Å². The maximum Gasteiger partial charge on any atom is 0.223 e. The Morgan fingerprint density at radius 3 is 2.33 bits per heavy atom. The van der Waals surface area contributed by atoms with Crippen LogP contribution in [0.25, 0.3) is 10.6 Å². The number of amides is 1. The van der Waals surface area contributed by atoms with Crippen molar-refractivity contribution < 1.29 is 19.0 Å². The quantitative estimate of drug-likeness (QED) is 0.539. The Bertz CT molecular complexity index is 1040. The molecule has 0 bridgehead atoms. The molecule has 1 fully saturated rings. The molecule has 33 heavy (non-hydrogen) atoms. The molecule has 3 aromatic rings. The number of anilines is 1. The highest BCUT2D eigenvalue weighted by Crippen LogP contribution is 2.38. The second-order valence-corrected chi connectivity index (χ2v) is 8.71. The maximum absolute atomic E-state index is 12.8. The predicted molar refractivity (Wildman–Crippen MR) is 128 cm³/mol. The lowest BCUT2D eigenvalue weighted by atomic mass is 9.96. The Kier molecular flexibility index (Phi) is 7.29. The summed E-state index contributed by atoms with van der Waals surface area (Å²) in [6, 6.07) is 11.8. The number of nitrogens with one attached hydrogen (secondary N) is 1. The lowest BCUT2D eigenvalue weighted by Gasteiger charge is -2.31. The number of thiophene rings is 1. The number of methoxy groups -OCH3 is 3. The Morgan fingerprint density at radius 1 is 1.06 bits per heavy atom. The first-order chi connectivity index (χ1) is 16.1. The zero-order valence-corrected chi connectivity index (χ0v) is 19.9. The molecule has 3 heterocycles. The van der Waals surface area contributed by atoms with Gasteiger partial charge in [0.25, 0.3) is 0 Å². The summed E-state index contributed by atoms with van der Waals surface area (Å²) in [6.07, 6.45) is 1.55. The third kappa shape index (κ3) is 5.19. The lowest BCUT2D eigenvalue weighted by molar-refractivity contribution is -0.125. The Hall–Kier alpha value is -3.33. The third-order valence-corrected chi connectivity index (χ3v) is 6.70. The normalized spacial score (nSPS) is 14.1. The van der Waals surface area contributed by atoms with E-state index in [1.54, 1.807) is 32.7 Å². The number of nitrogens with zero attached hydrogens (tertiary/aromatic N) is 3. The van der Waals surface area contributed by atoms with Crippen LogP contribution in [0.2, 0.25) is 0 Å². The van der Waals surface area contributed by atoms with Crippen LogP contribution in [-0.4, -0.2) is 50.5 Å². The summed E-state index contributed by atoms with van der Waals surface area (Å²) in [7, 11) is 4.72. The first-order valence-corrected chi connectivity index (χ1v) is 11.7. The fraction of sp³-hybridized carbons (Fsp3) is 0.375. The van der Waals surface area contributed by atoms with Gasteiger partial charge in [-0.1, -0.05) is 6.07 Å². The van der Waals surface area contributed by atoms with Crippen molar-refractivity contribution in [1.29, 1.82) is 0 Å². The number of hydrogen-bond acceptors (Lipinski definition) is 8. The molecule has 1 aromatic carbocycles. The van der Waals surface area contributed by atoms with Crippen LogP contribution in [0, 0.1) is 5.92 Å². The van der Waals surface area contributed by atoms with Gasteiger partial charge in [0.1, 0.15) is 5.69 Å². The van der Waals surface area contributed by atoms with Crippen LogP contribution in [0.1, 0.15) is 18.4 Å². The molecule has 1 saturated heterocycles. The van der Waals surface area contributed by atoms with Crippen molar-refractivity contribution in [2.45, 2.75) is 19.4 Å². The van der Waals surface area contributed by atoms with E-state index in [0.717, 1.165) is 47.9 Å². The van der Waals surface area contributed by atoms with Gasteiger partial charge < -0.3 is 24.4 Å². The van der Waals surface area contributed by atoms with Gasteiger partial charge in [-0.2, -0.15) is 0 Å². The van der Waals surface area contributed by atoms with Gasteiger partial charge in [0.2, 0.25) is 11.7 Å². The highest BCUT2D eigenvalue weighted by Gasteiger charge is 2.26. The van der Waals surface area contributed by atoms with Crippen molar-refractivity contribution in [2.24, 2.45) is 5.92 Å². The van der Waals surface area contributed by atoms with Gasteiger partial charge in [-0.15, -0.1) is 21.5 Å². The largest absolute Gasteiger partial charge is 0.493 e. The van der Waals surface area contributed by atoms with E-state index in [0.29, 0.717) is 23.8 Å². The fourth-order valence-electron chi connectivity index (χ4n) is 3.99. The SMILES string of the molecule is COc1cc(CNC(=O)C2CCN(c3ccc(-c4cccs4)nn3)CC2)cc(OC)c1OC. The number of benzene rings is 1. The standard InChI is InChI=1S/C24H28N4O4S/c1-30-19-13-16(14-20(31-2)23(19)32-3)15-25-24(29)17-8-10-28(11-9-17)22-7-6-18(26-27-22)21-5-4-12-33-21/h4-7,12-14,17H,8-11,15H2,1-3H3,(H,25,29). The molecule has 0 spiro atoms. The van der Waals surface area contributed by atoms with Crippen molar-refractivity contribution >= 4 is 23.1 Å². The molecule has 8 nitrogen and oxygen atoms in total. The van der Waals surface area contributed by atoms with Gasteiger partial charge in [0.05, 0.1) is 26.2 Å². The smallest absolute Gasteiger partial charge is 0.223 e. The summed E-state index contributed by atoms with van der Waals surface area (Å²) in [5.41, 5.74) is 1.77. The van der Waals surface area contributed by atoms with Crippen molar-refractivity contribution in [2.75, 3.05) is 39.3 Å². The number of piperidine rings is 1. The van der Waals surface area contributed by atoms with Crippen molar-refractivity contribution in [3.05, 3.63) is 47.3 Å². The van der Waals surface area contributed by atoms with Gasteiger partial charge in [-0.3, -0.25) is 4.79 Å². The number of hydrogen-bond donors (Lipinski definition) is 1. The summed E-state index contributed by atoms with van der Waals surface area (Å²) in [5.74, 6) is 2.56. The van der Waals surface area contributed by atoms with Crippen LogP contribution >= 0.6 is 11.3 Å². The monoisotopic (exact) mass is 468 g/mol. The highest BCUT2D eigenvalue weighted by molar-refractivity contribution is 7.13.